The fraction of sp³-hybridized carbons (Fsp3) is 0.600. The first kappa shape index (κ1) is 14.4. The molecule has 0 amide bonds. The van der Waals surface area contributed by atoms with Crippen LogP contribution >= 0.6 is 0 Å². The summed E-state index contributed by atoms with van der Waals surface area (Å²) in [5.74, 6) is -0.789. The minimum absolute atomic E-state index is 0.664. The molecule has 19 heavy (non-hydrogen) atoms. The lowest BCUT2D eigenvalue weighted by Gasteiger charge is -2.25. The maximum absolute atomic E-state index is 13.1. The first-order valence-corrected chi connectivity index (χ1v) is 6.98. The highest BCUT2D eigenvalue weighted by atomic mass is 19.2. The average Bonchev–Trinajstić information content (AvgIpc) is 2.42. The summed E-state index contributed by atoms with van der Waals surface area (Å²) >= 11 is 0. The molecule has 1 atom stereocenters. The molecule has 106 valence electrons. The average molecular weight is 268 g/mol. The zero-order chi connectivity index (χ0) is 13.7. The van der Waals surface area contributed by atoms with Gasteiger partial charge >= 0.3 is 0 Å². The highest BCUT2D eigenvalue weighted by Gasteiger charge is 2.13. The van der Waals surface area contributed by atoms with Crippen LogP contribution in [-0.2, 0) is 6.54 Å². The van der Waals surface area contributed by atoms with Gasteiger partial charge in [-0.2, -0.15) is 0 Å². The zero-order valence-electron chi connectivity index (χ0n) is 11.5. The molecule has 0 radical (unpaired) electrons. The summed E-state index contributed by atoms with van der Waals surface area (Å²) < 4.78 is 25.9. The van der Waals surface area contributed by atoms with Crippen molar-refractivity contribution >= 4 is 0 Å². The van der Waals surface area contributed by atoms with E-state index in [0.717, 1.165) is 37.5 Å². The molecule has 0 aromatic heterocycles. The van der Waals surface area contributed by atoms with E-state index in [1.165, 1.54) is 25.0 Å². The number of piperidine rings is 1. The number of rotatable bonds is 5. The first-order valence-electron chi connectivity index (χ1n) is 6.98. The lowest BCUT2D eigenvalue weighted by Crippen LogP contribution is -2.32. The Morgan fingerprint density at radius 1 is 1.32 bits per heavy atom. The van der Waals surface area contributed by atoms with Crippen LogP contribution in [0.25, 0.3) is 0 Å². The second-order valence-electron chi connectivity index (χ2n) is 5.49. The molecule has 1 aliphatic rings. The molecular weight excluding hydrogens is 246 g/mol. The Morgan fingerprint density at radius 3 is 2.84 bits per heavy atom. The smallest absolute Gasteiger partial charge is 0.159 e. The van der Waals surface area contributed by atoms with Crippen LogP contribution in [-0.4, -0.2) is 31.6 Å². The van der Waals surface area contributed by atoms with Crippen LogP contribution in [0.1, 0.15) is 24.8 Å². The third-order valence-corrected chi connectivity index (χ3v) is 3.75. The molecular formula is C15H22F2N2. The predicted octanol–water partition coefficient (Wildman–Crippen LogP) is 2.79. The molecule has 2 rings (SSSR count). The summed E-state index contributed by atoms with van der Waals surface area (Å²) in [5, 5.41) is 3.41. The number of hydrogen-bond donors (Lipinski definition) is 1. The van der Waals surface area contributed by atoms with E-state index in [2.05, 4.69) is 10.2 Å². The molecule has 0 bridgehead atoms. The quantitative estimate of drug-likeness (QED) is 0.883. The zero-order valence-corrected chi connectivity index (χ0v) is 11.5. The van der Waals surface area contributed by atoms with E-state index < -0.39 is 11.6 Å². The van der Waals surface area contributed by atoms with Gasteiger partial charge in [0.25, 0.3) is 0 Å². The Morgan fingerprint density at radius 2 is 2.16 bits per heavy atom. The van der Waals surface area contributed by atoms with Crippen molar-refractivity contribution in [3.05, 3.63) is 35.4 Å². The molecule has 0 spiro atoms. The maximum atomic E-state index is 13.1. The van der Waals surface area contributed by atoms with Gasteiger partial charge in [-0.3, -0.25) is 0 Å². The molecule has 1 aliphatic heterocycles. The van der Waals surface area contributed by atoms with Crippen LogP contribution in [0.3, 0.4) is 0 Å². The van der Waals surface area contributed by atoms with Crippen LogP contribution in [0.4, 0.5) is 8.78 Å². The van der Waals surface area contributed by atoms with Crippen molar-refractivity contribution in [1.82, 2.24) is 10.2 Å². The Balaban J connectivity index is 1.76. The Labute approximate surface area is 113 Å². The van der Waals surface area contributed by atoms with Gasteiger partial charge < -0.3 is 10.2 Å². The molecule has 2 nitrogen and oxygen atoms in total. The Kier molecular flexibility index (Phi) is 5.28. The van der Waals surface area contributed by atoms with Crippen LogP contribution in [0.5, 0.6) is 0 Å². The standard InChI is InChI=1S/C15H22F2N2/c1-19(8-6-12-3-2-7-18-10-12)11-13-4-5-14(16)15(17)9-13/h4-5,9,12,18H,2-3,6-8,10-11H2,1H3. The van der Waals surface area contributed by atoms with Gasteiger partial charge in [-0.05, 0) is 69.6 Å². The van der Waals surface area contributed by atoms with Crippen molar-refractivity contribution in [3.63, 3.8) is 0 Å². The maximum Gasteiger partial charge on any atom is 0.159 e. The molecule has 0 aliphatic carbocycles. The fourth-order valence-electron chi connectivity index (χ4n) is 2.60. The third-order valence-electron chi connectivity index (χ3n) is 3.75. The van der Waals surface area contributed by atoms with E-state index in [-0.39, 0.29) is 0 Å². The number of hydrogen-bond acceptors (Lipinski definition) is 2. The van der Waals surface area contributed by atoms with Crippen molar-refractivity contribution in [2.75, 3.05) is 26.7 Å². The highest BCUT2D eigenvalue weighted by molar-refractivity contribution is 5.17. The lowest BCUT2D eigenvalue weighted by molar-refractivity contribution is 0.268. The molecule has 1 saturated heterocycles. The van der Waals surface area contributed by atoms with E-state index in [4.69, 9.17) is 0 Å². The minimum Gasteiger partial charge on any atom is -0.316 e. The molecule has 1 aromatic carbocycles. The summed E-state index contributed by atoms with van der Waals surface area (Å²) in [6.45, 7) is 3.91. The summed E-state index contributed by atoms with van der Waals surface area (Å²) in [6, 6.07) is 4.13. The largest absolute Gasteiger partial charge is 0.316 e. The van der Waals surface area contributed by atoms with Crippen LogP contribution in [0, 0.1) is 17.6 Å². The second kappa shape index (κ2) is 6.96. The summed E-state index contributed by atoms with van der Waals surface area (Å²) in [7, 11) is 2.03. The van der Waals surface area contributed by atoms with E-state index in [9.17, 15) is 8.78 Å². The van der Waals surface area contributed by atoms with Gasteiger partial charge in [0, 0.05) is 6.54 Å². The lowest BCUT2D eigenvalue weighted by atomic mass is 9.96. The molecule has 1 heterocycles. The van der Waals surface area contributed by atoms with Gasteiger partial charge in [0.1, 0.15) is 0 Å². The first-order chi connectivity index (χ1) is 9.15. The summed E-state index contributed by atoms with van der Waals surface area (Å²) in [4.78, 5) is 2.17. The van der Waals surface area contributed by atoms with Crippen molar-refractivity contribution < 1.29 is 8.78 Å². The number of nitrogens with zero attached hydrogens (tertiary/aromatic N) is 1. The van der Waals surface area contributed by atoms with E-state index in [1.54, 1.807) is 6.07 Å². The number of benzene rings is 1. The Hall–Kier alpha value is -1.00. The van der Waals surface area contributed by atoms with Crippen LogP contribution in [0.15, 0.2) is 18.2 Å². The SMILES string of the molecule is CN(CCC1CCCNC1)Cc1ccc(F)c(F)c1. The monoisotopic (exact) mass is 268 g/mol. The topological polar surface area (TPSA) is 15.3 Å². The third kappa shape index (κ3) is 4.55. The second-order valence-corrected chi connectivity index (χ2v) is 5.49. The van der Waals surface area contributed by atoms with E-state index >= 15 is 0 Å². The van der Waals surface area contributed by atoms with Crippen LogP contribution < -0.4 is 5.32 Å². The van der Waals surface area contributed by atoms with Gasteiger partial charge in [0.2, 0.25) is 0 Å². The van der Waals surface area contributed by atoms with Crippen molar-refractivity contribution in [1.29, 1.82) is 0 Å². The number of halogens is 2. The molecule has 4 heteroatoms. The Bertz CT molecular complexity index is 403. The van der Waals surface area contributed by atoms with Crippen molar-refractivity contribution in [2.45, 2.75) is 25.8 Å². The molecule has 1 aromatic rings. The summed E-state index contributed by atoms with van der Waals surface area (Å²) in [6.07, 6.45) is 3.72. The van der Waals surface area contributed by atoms with Gasteiger partial charge in [-0.1, -0.05) is 6.07 Å². The molecule has 1 fully saturated rings. The number of nitrogens with one attached hydrogen (secondary N) is 1. The van der Waals surface area contributed by atoms with Crippen molar-refractivity contribution in [3.8, 4) is 0 Å². The minimum atomic E-state index is -0.778. The predicted molar refractivity (Wildman–Crippen MR) is 72.9 cm³/mol. The van der Waals surface area contributed by atoms with Gasteiger partial charge in [0.15, 0.2) is 11.6 Å². The molecule has 1 N–H and O–H groups in total. The normalized spacial score (nSPS) is 19.9. The summed E-state index contributed by atoms with van der Waals surface area (Å²) in [5.41, 5.74) is 0.822. The molecule has 1 unspecified atom stereocenters. The highest BCUT2D eigenvalue weighted by Crippen LogP contribution is 2.15. The van der Waals surface area contributed by atoms with Crippen molar-refractivity contribution in [2.24, 2.45) is 5.92 Å². The van der Waals surface area contributed by atoms with E-state index in [1.807, 2.05) is 7.05 Å². The van der Waals surface area contributed by atoms with Gasteiger partial charge in [-0.25, -0.2) is 8.78 Å². The fourth-order valence-corrected chi connectivity index (χ4v) is 2.60. The van der Waals surface area contributed by atoms with E-state index in [0.29, 0.717) is 6.54 Å². The van der Waals surface area contributed by atoms with Gasteiger partial charge in [0.05, 0.1) is 0 Å². The van der Waals surface area contributed by atoms with Gasteiger partial charge in [-0.15, -0.1) is 0 Å². The molecule has 0 saturated carbocycles. The van der Waals surface area contributed by atoms with Crippen LogP contribution in [0.2, 0.25) is 0 Å².